The van der Waals surface area contributed by atoms with E-state index in [1.165, 1.54) is 16.7 Å². The third-order valence-corrected chi connectivity index (χ3v) is 4.73. The Labute approximate surface area is 143 Å². The van der Waals surface area contributed by atoms with Gasteiger partial charge < -0.3 is 5.32 Å². The van der Waals surface area contributed by atoms with E-state index in [2.05, 4.69) is 67.4 Å². The molecule has 126 valence electrons. The Kier molecular flexibility index (Phi) is 4.67. The van der Waals surface area contributed by atoms with Crippen LogP contribution in [-0.2, 0) is 0 Å². The molecule has 0 aliphatic heterocycles. The summed E-state index contributed by atoms with van der Waals surface area (Å²) < 4.78 is 1.94. The summed E-state index contributed by atoms with van der Waals surface area (Å²) in [5.74, 6) is 0.469. The number of benzene rings is 1. The third-order valence-electron chi connectivity index (χ3n) is 4.73. The molecule has 2 unspecified atom stereocenters. The van der Waals surface area contributed by atoms with E-state index in [1.54, 1.807) is 0 Å². The highest BCUT2D eigenvalue weighted by Crippen LogP contribution is 2.20. The fourth-order valence-corrected chi connectivity index (χ4v) is 3.08. The van der Waals surface area contributed by atoms with Crippen LogP contribution in [0.4, 0.5) is 0 Å². The minimum absolute atomic E-state index is 0.235. The zero-order chi connectivity index (χ0) is 17.3. The van der Waals surface area contributed by atoms with Gasteiger partial charge in [-0.15, -0.1) is 0 Å². The maximum absolute atomic E-state index is 4.54. The molecule has 3 rings (SSSR count). The molecule has 0 spiro atoms. The molecule has 0 amide bonds. The third kappa shape index (κ3) is 3.34. The Morgan fingerprint density at radius 1 is 1.08 bits per heavy atom. The van der Waals surface area contributed by atoms with Gasteiger partial charge in [-0.2, -0.15) is 5.10 Å². The van der Waals surface area contributed by atoms with Crippen molar-refractivity contribution < 1.29 is 0 Å². The zero-order valence-electron chi connectivity index (χ0n) is 15.2. The van der Waals surface area contributed by atoms with Gasteiger partial charge in [0.25, 0.3) is 0 Å². The number of aromatic nitrogens is 3. The fourth-order valence-electron chi connectivity index (χ4n) is 3.08. The van der Waals surface area contributed by atoms with Crippen LogP contribution in [0.3, 0.4) is 0 Å². The molecular formula is C20H26N4. The summed E-state index contributed by atoms with van der Waals surface area (Å²) in [6.45, 7) is 11.6. The van der Waals surface area contributed by atoms with Crippen LogP contribution < -0.4 is 5.32 Å². The van der Waals surface area contributed by atoms with Crippen LogP contribution in [0.15, 0.2) is 36.5 Å². The van der Waals surface area contributed by atoms with Crippen molar-refractivity contribution in [2.24, 2.45) is 0 Å². The molecule has 0 bridgehead atoms. The predicted octanol–water partition coefficient (Wildman–Crippen LogP) is 4.11. The summed E-state index contributed by atoms with van der Waals surface area (Å²) in [7, 11) is 0. The van der Waals surface area contributed by atoms with Crippen LogP contribution in [0.5, 0.6) is 0 Å². The van der Waals surface area contributed by atoms with Gasteiger partial charge >= 0.3 is 0 Å². The second kappa shape index (κ2) is 6.73. The number of aryl methyl sites for hydroxylation is 3. The minimum atomic E-state index is 0.235. The van der Waals surface area contributed by atoms with Crippen molar-refractivity contribution in [3.63, 3.8) is 0 Å². The van der Waals surface area contributed by atoms with Gasteiger partial charge in [0.1, 0.15) is 0 Å². The van der Waals surface area contributed by atoms with Gasteiger partial charge in [-0.05, 0) is 39.2 Å². The standard InChI is InChI=1S/C20H26N4/c1-13-6-8-18(9-7-13)14(2)11-21-16(4)19-12-22-20-10-15(3)23-24(20)17(19)5/h6-10,12,14,16,21H,11H2,1-5H3. The van der Waals surface area contributed by atoms with Crippen LogP contribution in [0.1, 0.15) is 53.9 Å². The van der Waals surface area contributed by atoms with Gasteiger partial charge in [0.15, 0.2) is 5.65 Å². The van der Waals surface area contributed by atoms with Crippen LogP contribution in [-0.4, -0.2) is 21.1 Å². The van der Waals surface area contributed by atoms with Crippen molar-refractivity contribution in [2.45, 2.75) is 46.6 Å². The lowest BCUT2D eigenvalue weighted by Crippen LogP contribution is -2.25. The van der Waals surface area contributed by atoms with Crippen molar-refractivity contribution >= 4 is 5.65 Å². The topological polar surface area (TPSA) is 42.2 Å². The van der Waals surface area contributed by atoms with Crippen LogP contribution in [0.25, 0.3) is 5.65 Å². The number of fused-ring (bicyclic) bond motifs is 1. The Balaban J connectivity index is 1.71. The smallest absolute Gasteiger partial charge is 0.155 e. The first-order valence-corrected chi connectivity index (χ1v) is 8.57. The van der Waals surface area contributed by atoms with E-state index >= 15 is 0 Å². The first kappa shape index (κ1) is 16.7. The summed E-state index contributed by atoms with van der Waals surface area (Å²) in [5, 5.41) is 8.18. The molecule has 0 aliphatic carbocycles. The van der Waals surface area contributed by atoms with E-state index in [-0.39, 0.29) is 6.04 Å². The predicted molar refractivity (Wildman–Crippen MR) is 98.5 cm³/mol. The first-order chi connectivity index (χ1) is 11.5. The molecular weight excluding hydrogens is 296 g/mol. The highest BCUT2D eigenvalue weighted by molar-refractivity contribution is 5.42. The fraction of sp³-hybridized carbons (Fsp3) is 0.400. The molecule has 2 atom stereocenters. The maximum atomic E-state index is 4.54. The molecule has 4 nitrogen and oxygen atoms in total. The van der Waals surface area contributed by atoms with Gasteiger partial charge in [0, 0.05) is 36.1 Å². The Bertz CT molecular complexity index is 833. The molecule has 0 saturated carbocycles. The van der Waals surface area contributed by atoms with Crippen molar-refractivity contribution in [2.75, 3.05) is 6.54 Å². The van der Waals surface area contributed by atoms with Crippen molar-refractivity contribution in [1.82, 2.24) is 19.9 Å². The van der Waals surface area contributed by atoms with E-state index in [0.717, 1.165) is 23.6 Å². The Morgan fingerprint density at radius 2 is 1.79 bits per heavy atom. The molecule has 0 aliphatic rings. The van der Waals surface area contributed by atoms with E-state index in [9.17, 15) is 0 Å². The van der Waals surface area contributed by atoms with Gasteiger partial charge in [0.05, 0.1) is 5.69 Å². The average molecular weight is 322 g/mol. The SMILES string of the molecule is Cc1ccc(C(C)CNC(C)c2cnc3cc(C)nn3c2C)cc1. The summed E-state index contributed by atoms with van der Waals surface area (Å²) in [4.78, 5) is 4.54. The van der Waals surface area contributed by atoms with Crippen molar-refractivity contribution in [3.05, 3.63) is 64.6 Å². The minimum Gasteiger partial charge on any atom is -0.309 e. The van der Waals surface area contributed by atoms with Gasteiger partial charge in [-0.25, -0.2) is 9.50 Å². The average Bonchev–Trinajstić information content (AvgIpc) is 2.95. The summed E-state index contributed by atoms with van der Waals surface area (Å²) in [6.07, 6.45) is 1.97. The van der Waals surface area contributed by atoms with E-state index in [4.69, 9.17) is 0 Å². The highest BCUT2D eigenvalue weighted by Gasteiger charge is 2.14. The summed E-state index contributed by atoms with van der Waals surface area (Å²) in [6, 6.07) is 11.0. The Morgan fingerprint density at radius 3 is 2.50 bits per heavy atom. The zero-order valence-corrected chi connectivity index (χ0v) is 15.2. The first-order valence-electron chi connectivity index (χ1n) is 8.57. The number of nitrogens with one attached hydrogen (secondary N) is 1. The van der Waals surface area contributed by atoms with Gasteiger partial charge in [-0.3, -0.25) is 0 Å². The molecule has 0 radical (unpaired) electrons. The summed E-state index contributed by atoms with van der Waals surface area (Å²) >= 11 is 0. The van der Waals surface area contributed by atoms with Crippen molar-refractivity contribution in [1.29, 1.82) is 0 Å². The second-order valence-electron chi connectivity index (χ2n) is 6.80. The van der Waals surface area contributed by atoms with Crippen LogP contribution in [0.2, 0.25) is 0 Å². The van der Waals surface area contributed by atoms with Crippen molar-refractivity contribution in [3.8, 4) is 0 Å². The monoisotopic (exact) mass is 322 g/mol. The molecule has 2 heterocycles. The molecule has 24 heavy (non-hydrogen) atoms. The molecule has 3 aromatic rings. The normalized spacial score (nSPS) is 14.0. The van der Waals surface area contributed by atoms with Gasteiger partial charge in [-0.1, -0.05) is 36.8 Å². The quantitative estimate of drug-likeness (QED) is 0.768. The van der Waals surface area contributed by atoms with E-state index in [0.29, 0.717) is 5.92 Å². The molecule has 1 N–H and O–H groups in total. The Hall–Kier alpha value is -2.20. The largest absolute Gasteiger partial charge is 0.309 e. The lowest BCUT2D eigenvalue weighted by atomic mass is 9.99. The maximum Gasteiger partial charge on any atom is 0.155 e. The lowest BCUT2D eigenvalue weighted by Gasteiger charge is -2.20. The van der Waals surface area contributed by atoms with Crippen LogP contribution in [0, 0.1) is 20.8 Å². The number of hydrogen-bond acceptors (Lipinski definition) is 3. The molecule has 2 aromatic heterocycles. The molecule has 1 aromatic carbocycles. The highest BCUT2D eigenvalue weighted by atomic mass is 15.3. The second-order valence-corrected chi connectivity index (χ2v) is 6.80. The summed E-state index contributed by atoms with van der Waals surface area (Å²) in [5.41, 5.74) is 6.92. The number of rotatable bonds is 5. The lowest BCUT2D eigenvalue weighted by molar-refractivity contribution is 0.531. The van der Waals surface area contributed by atoms with Crippen LogP contribution >= 0.6 is 0 Å². The number of hydrogen-bond donors (Lipinski definition) is 1. The molecule has 0 saturated heterocycles. The molecule has 0 fully saturated rings. The molecule has 4 heteroatoms. The van der Waals surface area contributed by atoms with E-state index in [1.807, 2.05) is 23.7 Å². The van der Waals surface area contributed by atoms with Gasteiger partial charge in [0.2, 0.25) is 0 Å². The van der Waals surface area contributed by atoms with E-state index < -0.39 is 0 Å². The number of nitrogens with zero attached hydrogens (tertiary/aromatic N) is 3.